The Morgan fingerprint density at radius 1 is 1.23 bits per heavy atom. The van der Waals surface area contributed by atoms with Gasteiger partial charge in [0.05, 0.1) is 15.6 Å². The summed E-state index contributed by atoms with van der Waals surface area (Å²) in [7, 11) is 1.38. The molecule has 6 nitrogen and oxygen atoms in total. The fourth-order valence-electron chi connectivity index (χ4n) is 3.20. The van der Waals surface area contributed by atoms with Crippen molar-refractivity contribution in [2.24, 2.45) is 5.92 Å². The van der Waals surface area contributed by atoms with Crippen LogP contribution in [0.15, 0.2) is 23.1 Å². The van der Waals surface area contributed by atoms with Gasteiger partial charge in [-0.05, 0) is 44.0 Å². The Morgan fingerprint density at radius 2 is 1.88 bits per heavy atom. The maximum Gasteiger partial charge on any atom is 0.242 e. The number of halogens is 1. The van der Waals surface area contributed by atoms with Crippen molar-refractivity contribution in [2.75, 3.05) is 39.5 Å². The van der Waals surface area contributed by atoms with Crippen LogP contribution in [0.4, 0.5) is 5.69 Å². The van der Waals surface area contributed by atoms with E-state index in [9.17, 15) is 13.2 Å². The first-order valence-electron chi connectivity index (χ1n) is 8.90. The van der Waals surface area contributed by atoms with Crippen LogP contribution in [0.25, 0.3) is 0 Å². The zero-order valence-electron chi connectivity index (χ0n) is 15.7. The normalized spacial score (nSPS) is 15.8. The van der Waals surface area contributed by atoms with Crippen LogP contribution in [0.5, 0.6) is 0 Å². The summed E-state index contributed by atoms with van der Waals surface area (Å²) in [6.45, 7) is 1.68. The van der Waals surface area contributed by atoms with Crippen molar-refractivity contribution in [1.82, 2.24) is 9.21 Å². The minimum atomic E-state index is -3.58. The first-order chi connectivity index (χ1) is 12.2. The van der Waals surface area contributed by atoms with E-state index < -0.39 is 10.0 Å². The Balaban J connectivity index is 1.93. The Hall–Kier alpha value is -1.15. The highest BCUT2D eigenvalue weighted by atomic mass is 35.5. The van der Waals surface area contributed by atoms with E-state index >= 15 is 0 Å². The van der Waals surface area contributed by atoms with Crippen LogP contribution >= 0.6 is 11.6 Å². The molecule has 26 heavy (non-hydrogen) atoms. The number of amides is 1. The van der Waals surface area contributed by atoms with Crippen LogP contribution in [0.1, 0.15) is 32.1 Å². The Bertz CT molecular complexity index is 731. The second-order valence-corrected chi connectivity index (χ2v) is 9.70. The third-order valence-electron chi connectivity index (χ3n) is 4.76. The molecule has 1 aliphatic carbocycles. The molecule has 1 N–H and O–H groups in total. The topological polar surface area (TPSA) is 69.7 Å². The zero-order valence-corrected chi connectivity index (χ0v) is 17.2. The maximum atomic E-state index is 12.2. The van der Waals surface area contributed by atoms with Crippen LogP contribution in [0.3, 0.4) is 0 Å². The number of rotatable bonds is 8. The highest BCUT2D eigenvalue weighted by Crippen LogP contribution is 2.27. The molecule has 1 aliphatic rings. The molecule has 0 radical (unpaired) electrons. The standard InChI is InChI=1S/C18H28ClN3O3S/c1-21(2)26(24,25)15-8-9-16(19)17(12-15)20-18(23)10-11-22(3)13-14-6-4-5-7-14/h8-9,12,14H,4-7,10-11,13H2,1-3H3,(H,20,23). The molecular weight excluding hydrogens is 374 g/mol. The summed E-state index contributed by atoms with van der Waals surface area (Å²) in [6.07, 6.45) is 5.51. The molecule has 0 aromatic heterocycles. The summed E-state index contributed by atoms with van der Waals surface area (Å²) in [6, 6.07) is 4.32. The maximum absolute atomic E-state index is 12.2. The lowest BCUT2D eigenvalue weighted by Crippen LogP contribution is -2.28. The monoisotopic (exact) mass is 401 g/mol. The number of anilines is 1. The van der Waals surface area contributed by atoms with Gasteiger partial charge in [0.1, 0.15) is 0 Å². The molecule has 1 amide bonds. The van der Waals surface area contributed by atoms with Crippen LogP contribution < -0.4 is 5.32 Å². The average molecular weight is 402 g/mol. The smallest absolute Gasteiger partial charge is 0.242 e. The minimum absolute atomic E-state index is 0.0977. The third kappa shape index (κ3) is 5.67. The Labute approximate surface area is 161 Å². The van der Waals surface area contributed by atoms with Gasteiger partial charge in [0.25, 0.3) is 0 Å². The lowest BCUT2D eigenvalue weighted by atomic mass is 10.1. The third-order valence-corrected chi connectivity index (χ3v) is 6.90. The molecule has 1 fully saturated rings. The summed E-state index contributed by atoms with van der Waals surface area (Å²) in [5.41, 5.74) is 0.318. The van der Waals surface area contributed by atoms with Crippen LogP contribution in [0.2, 0.25) is 5.02 Å². The summed E-state index contributed by atoms with van der Waals surface area (Å²) in [5.74, 6) is 0.565. The SMILES string of the molecule is CN(CCC(=O)Nc1cc(S(=O)(=O)N(C)C)ccc1Cl)CC1CCCC1. The molecule has 0 aliphatic heterocycles. The van der Waals surface area contributed by atoms with Gasteiger partial charge in [0, 0.05) is 33.6 Å². The van der Waals surface area contributed by atoms with E-state index in [0.717, 1.165) is 16.8 Å². The predicted molar refractivity (Wildman–Crippen MR) is 105 cm³/mol. The highest BCUT2D eigenvalue weighted by molar-refractivity contribution is 7.89. The molecule has 0 heterocycles. The van der Waals surface area contributed by atoms with Crippen molar-refractivity contribution in [3.63, 3.8) is 0 Å². The number of nitrogens with zero attached hydrogens (tertiary/aromatic N) is 2. The second-order valence-electron chi connectivity index (χ2n) is 7.14. The Kier molecular flexibility index (Phi) is 7.46. The number of carbonyl (C=O) groups is 1. The predicted octanol–water partition coefficient (Wildman–Crippen LogP) is 3.04. The van der Waals surface area contributed by atoms with E-state index in [1.165, 1.54) is 58.0 Å². The van der Waals surface area contributed by atoms with Gasteiger partial charge >= 0.3 is 0 Å². The first kappa shape index (κ1) is 21.2. The fourth-order valence-corrected chi connectivity index (χ4v) is 4.29. The molecule has 1 aromatic rings. The Morgan fingerprint density at radius 3 is 2.50 bits per heavy atom. The molecule has 8 heteroatoms. The van der Waals surface area contributed by atoms with Gasteiger partial charge in [-0.2, -0.15) is 0 Å². The highest BCUT2D eigenvalue weighted by Gasteiger charge is 2.20. The molecule has 2 rings (SSSR count). The van der Waals surface area contributed by atoms with E-state index in [0.29, 0.717) is 23.7 Å². The van der Waals surface area contributed by atoms with E-state index in [2.05, 4.69) is 10.2 Å². The molecule has 1 aromatic carbocycles. The van der Waals surface area contributed by atoms with E-state index in [-0.39, 0.29) is 10.8 Å². The zero-order chi connectivity index (χ0) is 19.3. The van der Waals surface area contributed by atoms with E-state index in [1.54, 1.807) is 0 Å². The largest absolute Gasteiger partial charge is 0.325 e. The molecule has 0 saturated heterocycles. The van der Waals surface area contributed by atoms with Gasteiger partial charge in [0.2, 0.25) is 15.9 Å². The number of benzene rings is 1. The van der Waals surface area contributed by atoms with E-state index in [1.807, 2.05) is 7.05 Å². The van der Waals surface area contributed by atoms with Crippen LogP contribution in [-0.4, -0.2) is 57.8 Å². The first-order valence-corrected chi connectivity index (χ1v) is 10.7. The van der Waals surface area contributed by atoms with Crippen molar-refractivity contribution in [1.29, 1.82) is 0 Å². The van der Waals surface area contributed by atoms with Crippen LogP contribution in [-0.2, 0) is 14.8 Å². The van der Waals surface area contributed by atoms with Crippen molar-refractivity contribution >= 4 is 33.2 Å². The van der Waals surface area contributed by atoms with Gasteiger partial charge < -0.3 is 10.2 Å². The van der Waals surface area contributed by atoms with Crippen LogP contribution in [0, 0.1) is 5.92 Å². The van der Waals surface area contributed by atoms with Gasteiger partial charge in [-0.3, -0.25) is 4.79 Å². The van der Waals surface area contributed by atoms with Gasteiger partial charge in [-0.15, -0.1) is 0 Å². The molecule has 1 saturated carbocycles. The summed E-state index contributed by atoms with van der Waals surface area (Å²) in [4.78, 5) is 14.5. The second kappa shape index (κ2) is 9.17. The number of hydrogen-bond acceptors (Lipinski definition) is 4. The van der Waals surface area contributed by atoms with Crippen molar-refractivity contribution in [3.8, 4) is 0 Å². The van der Waals surface area contributed by atoms with Crippen molar-refractivity contribution in [2.45, 2.75) is 37.0 Å². The fraction of sp³-hybridized carbons (Fsp3) is 0.611. The average Bonchev–Trinajstić information content (AvgIpc) is 3.07. The van der Waals surface area contributed by atoms with Gasteiger partial charge in [-0.25, -0.2) is 12.7 Å². The summed E-state index contributed by atoms with van der Waals surface area (Å²) in [5, 5.41) is 3.05. The summed E-state index contributed by atoms with van der Waals surface area (Å²) < 4.78 is 25.6. The lowest BCUT2D eigenvalue weighted by molar-refractivity contribution is -0.116. The van der Waals surface area contributed by atoms with Crippen molar-refractivity contribution < 1.29 is 13.2 Å². The lowest BCUT2D eigenvalue weighted by Gasteiger charge is -2.20. The molecule has 0 bridgehead atoms. The van der Waals surface area contributed by atoms with Crippen molar-refractivity contribution in [3.05, 3.63) is 23.2 Å². The number of hydrogen-bond donors (Lipinski definition) is 1. The van der Waals surface area contributed by atoms with E-state index in [4.69, 9.17) is 11.6 Å². The van der Waals surface area contributed by atoms with Gasteiger partial charge in [0.15, 0.2) is 0 Å². The van der Waals surface area contributed by atoms with Gasteiger partial charge in [-0.1, -0.05) is 24.4 Å². The number of sulfonamides is 1. The molecule has 0 atom stereocenters. The number of nitrogens with one attached hydrogen (secondary N) is 1. The molecule has 0 spiro atoms. The quantitative estimate of drug-likeness (QED) is 0.726. The number of carbonyl (C=O) groups excluding carboxylic acids is 1. The minimum Gasteiger partial charge on any atom is -0.325 e. The summed E-state index contributed by atoms with van der Waals surface area (Å²) >= 11 is 6.11. The molecule has 0 unspecified atom stereocenters. The molecule has 146 valence electrons. The molecular formula is C18H28ClN3O3S.